The maximum absolute atomic E-state index is 10.8. The summed E-state index contributed by atoms with van der Waals surface area (Å²) in [4.78, 5) is 108. The average molecular weight is 1590 g/mol. The number of hydrogen-bond acceptors (Lipinski definition) is 12. The molecule has 81 heavy (non-hydrogen) atoms. The van der Waals surface area contributed by atoms with Gasteiger partial charge in [0.15, 0.2) is 0 Å². The minimum Gasteiger partial charge on any atom is -0.542 e. The van der Waals surface area contributed by atoms with E-state index in [4.69, 9.17) is 0 Å². The van der Waals surface area contributed by atoms with Gasteiger partial charge in [-0.25, -0.2) is 6.29 Å². The van der Waals surface area contributed by atoms with Crippen LogP contribution in [0.15, 0.2) is 0 Å². The molecule has 6 radical (unpaired) electrons. The minimum absolute atomic E-state index is 0. The van der Waals surface area contributed by atoms with Gasteiger partial charge in [-0.05, 0) is 102 Å². The van der Waals surface area contributed by atoms with Crippen LogP contribution < -0.4 is 5.32 Å². The van der Waals surface area contributed by atoms with Gasteiger partial charge in [0.1, 0.15) is 23.1 Å². The summed E-state index contributed by atoms with van der Waals surface area (Å²) < 4.78 is 0. The first-order chi connectivity index (χ1) is 33.9. The summed E-state index contributed by atoms with van der Waals surface area (Å²) >= 11 is 0. The van der Waals surface area contributed by atoms with E-state index in [1.54, 1.807) is 24.4 Å². The third-order valence-electron chi connectivity index (χ3n) is 10.9. The Morgan fingerprint density at radius 3 is 0.988 bits per heavy atom. The second kappa shape index (κ2) is 63.4. The van der Waals surface area contributed by atoms with Gasteiger partial charge in [0.25, 0.3) is 0 Å². The van der Waals surface area contributed by atoms with E-state index >= 15 is 0 Å². The summed E-state index contributed by atoms with van der Waals surface area (Å²) in [6, 6.07) is 0. The quantitative estimate of drug-likeness (QED) is 0.0425. The summed E-state index contributed by atoms with van der Waals surface area (Å²) in [7, 11) is 1.96. The van der Waals surface area contributed by atoms with Crippen LogP contribution in [0.4, 0.5) is 0 Å². The maximum Gasteiger partial charge on any atom is 0.143 e. The second-order valence-corrected chi connectivity index (χ2v) is 27.5. The fourth-order valence-electron chi connectivity index (χ4n) is 7.54. The van der Waals surface area contributed by atoms with Gasteiger partial charge in [0.05, 0.1) is 6.54 Å². The molecule has 1 N–H and O–H groups in total. The topological polar surface area (TPSA) is 186 Å². The Kier molecular flexibility index (Phi) is 87.5. The largest absolute Gasteiger partial charge is 0.542 e. The number of nitrogens with one attached hydrogen (secondary N) is 1. The molecule has 0 saturated carbocycles. The molecule has 0 heterocycles. The number of Topliss-reactive ketones (excluding diaryl/α,β-unsaturated/α-hetero) is 4. The number of ketones is 4. The zero-order valence-electron chi connectivity index (χ0n) is 56.1. The third kappa shape index (κ3) is 97.0. The fourth-order valence-corrected chi connectivity index (χ4v) is 7.54. The number of rotatable bonds is 29. The summed E-state index contributed by atoms with van der Waals surface area (Å²) in [6.07, 6.45) is 25.3. The molecule has 18 heteroatoms. The molecule has 0 spiro atoms. The number of carbonyl (C=O) groups excluding carboxylic acids is 10. The molecule has 0 aromatic rings. The summed E-state index contributed by atoms with van der Waals surface area (Å²) in [5, 5.41) is 3.11. The Morgan fingerprint density at radius 1 is 0.432 bits per heavy atom. The van der Waals surface area contributed by atoms with Crippen molar-refractivity contribution in [2.75, 3.05) is 26.7 Å². The van der Waals surface area contributed by atoms with E-state index in [1.165, 1.54) is 40.0 Å². The van der Waals surface area contributed by atoms with Gasteiger partial charge in [-0.15, -0.1) is 23.7 Å². The van der Waals surface area contributed by atoms with Gasteiger partial charge in [0.2, 0.25) is 0 Å². The predicted molar refractivity (Wildman–Crippen MR) is 312 cm³/mol. The smallest absolute Gasteiger partial charge is 0.143 e. The first-order valence-corrected chi connectivity index (χ1v) is 27.5. The van der Waals surface area contributed by atoms with E-state index in [1.807, 2.05) is 61.2 Å². The third-order valence-corrected chi connectivity index (χ3v) is 10.9. The molecular formula is C63H114N2O10Y6-6. The Balaban J connectivity index is -0.0000000696. The van der Waals surface area contributed by atoms with E-state index in [9.17, 15) is 47.9 Å². The Labute approximate surface area is 650 Å². The predicted octanol–water partition coefficient (Wildman–Crippen LogP) is 13.4. The number of hydrogen-bond donors (Lipinski definition) is 1. The van der Waals surface area contributed by atoms with E-state index < -0.39 is 5.92 Å². The molecule has 0 amide bonds. The van der Waals surface area contributed by atoms with Gasteiger partial charge in [-0.2, -0.15) is 0 Å². The van der Waals surface area contributed by atoms with Crippen LogP contribution in [-0.2, 0) is 244 Å². The van der Waals surface area contributed by atoms with Crippen molar-refractivity contribution in [2.24, 2.45) is 56.7 Å². The van der Waals surface area contributed by atoms with Crippen molar-refractivity contribution in [3.8, 4) is 0 Å². The Bertz CT molecular complexity index is 1580. The molecule has 460 valence electrons. The molecule has 0 aliphatic heterocycles. The summed E-state index contributed by atoms with van der Waals surface area (Å²) in [6.45, 7) is 47.1. The van der Waals surface area contributed by atoms with Gasteiger partial charge < -0.3 is 53.4 Å². The van der Waals surface area contributed by atoms with Crippen LogP contribution in [0.2, 0.25) is 0 Å². The molecule has 0 saturated heterocycles. The average Bonchev–Trinajstić information content (AvgIpc) is 3.23. The SMILES string of the molecule is CC(=O)C([C-]=O)CC(C)(C)C.CC(=O)CC([C-]=O)CC(C)(C)C.CC(=O)CCC([C-]=O)CC(C)(C)C.CC(=O)CN(C[C-]=O)C(C)(C)C.CCCCCC([C-]=O)CC(C)(C)C.CNCCCCC([C-]=O)CC(C)(C)C.[Y].[Y].[Y].[Y].[Y].[Y]. The normalized spacial score (nSPS) is 12.7. The van der Waals surface area contributed by atoms with E-state index in [0.717, 1.165) is 57.9 Å². The molecule has 0 aliphatic carbocycles. The first-order valence-electron chi connectivity index (χ1n) is 27.5. The van der Waals surface area contributed by atoms with Crippen molar-refractivity contribution in [1.29, 1.82) is 0 Å². The molecule has 12 nitrogen and oxygen atoms in total. The minimum atomic E-state index is -0.532. The number of unbranched alkanes of at least 4 members (excludes halogenated alkanes) is 3. The van der Waals surface area contributed by atoms with Crippen LogP contribution in [0.1, 0.15) is 256 Å². The van der Waals surface area contributed by atoms with Crippen LogP contribution >= 0.6 is 0 Å². The van der Waals surface area contributed by atoms with E-state index in [-0.39, 0.29) is 282 Å². The molecule has 5 atom stereocenters. The Morgan fingerprint density at radius 2 is 0.765 bits per heavy atom. The summed E-state index contributed by atoms with van der Waals surface area (Å²) in [5.74, 6) is -0.350. The maximum atomic E-state index is 10.8. The second-order valence-electron chi connectivity index (χ2n) is 27.5. The van der Waals surface area contributed by atoms with Crippen LogP contribution in [0, 0.1) is 56.7 Å². The van der Waals surface area contributed by atoms with Gasteiger partial charge in [-0.1, -0.05) is 200 Å². The van der Waals surface area contributed by atoms with Gasteiger partial charge in [0, 0.05) is 208 Å². The number of carbonyl (C=O) groups is 4. The van der Waals surface area contributed by atoms with E-state index in [2.05, 4.69) is 108 Å². The van der Waals surface area contributed by atoms with Crippen molar-refractivity contribution in [2.45, 2.75) is 261 Å². The van der Waals surface area contributed by atoms with Crippen LogP contribution in [0.25, 0.3) is 0 Å². The first kappa shape index (κ1) is 112. The summed E-state index contributed by atoms with van der Waals surface area (Å²) in [5.41, 5.74) is 0.604. The zero-order valence-corrected chi connectivity index (χ0v) is 73.1. The molecule has 0 aliphatic rings. The molecule has 0 aromatic carbocycles. The molecule has 0 fully saturated rings. The molecule has 0 bridgehead atoms. The zero-order chi connectivity index (χ0) is 60.5. The van der Waals surface area contributed by atoms with E-state index in [0.29, 0.717) is 32.2 Å². The molecule has 5 unspecified atom stereocenters. The van der Waals surface area contributed by atoms with Crippen LogP contribution in [0.5, 0.6) is 0 Å². The van der Waals surface area contributed by atoms with Crippen molar-refractivity contribution < 1.29 is 244 Å². The number of nitrogens with zero attached hydrogens (tertiary/aromatic N) is 1. The van der Waals surface area contributed by atoms with Gasteiger partial charge in [-0.3, -0.25) is 36.2 Å². The monoisotopic (exact) mass is 1590 g/mol. The standard InChI is InChI=1S/C12H24NO.C12H23O.C11H19O2.C10H17O2.C9H16NO2.C9H15O2.6Y/c1-12(2,3)9-11(10-14)7-5-6-8-13-4;1-5-6-7-8-11(10-13)9-12(2,3)4;1-9(13)5-6-10(8-12)7-11(2,3)4;1-8(12)5-9(7-11)6-10(2,3)4;1-8(12)7-10(5-6-11)9(2,3)4;1-7(11)8(6-10)5-9(2,3)4;;;;;;/h11,13H,5-9H2,1-4H3;11H,5-9H2,1-4H3;10H,5-7H2,1-4H3;9H,5-6H2,1-4H3;5,7H2,1-4H3;8H,5H2,1-4H3;;;;;;/q6*-1;;;;;;. The van der Waals surface area contributed by atoms with Crippen LogP contribution in [-0.4, -0.2) is 98.0 Å². The Hall–Kier alpha value is 3.24. The van der Waals surface area contributed by atoms with Crippen molar-refractivity contribution in [3.05, 3.63) is 0 Å². The van der Waals surface area contributed by atoms with Crippen molar-refractivity contribution in [3.63, 3.8) is 0 Å². The molecule has 0 aromatic heterocycles. The van der Waals surface area contributed by atoms with Crippen molar-refractivity contribution >= 4 is 60.8 Å². The molecular weight excluding hydrogens is 1480 g/mol. The van der Waals surface area contributed by atoms with Crippen molar-refractivity contribution in [1.82, 2.24) is 10.2 Å². The fraction of sp³-hybridized carbons (Fsp3) is 0.841. The van der Waals surface area contributed by atoms with Crippen LogP contribution in [0.3, 0.4) is 0 Å². The van der Waals surface area contributed by atoms with Gasteiger partial charge >= 0.3 is 0 Å². The molecule has 0 rings (SSSR count).